The third-order valence-corrected chi connectivity index (χ3v) is 5.08. The number of ketones is 1. The SMILES string of the molecule is O=C1CCN2O[C@@H]1CC21CCN(c2ccccc2)CC1. The Bertz CT molecular complexity index is 508. The number of Topliss-reactive ketones (excluding diaryl/α,β-unsaturated/α-hetero) is 1. The van der Waals surface area contributed by atoms with Crippen LogP contribution in [0, 0.1) is 0 Å². The topological polar surface area (TPSA) is 32.8 Å². The number of carbonyl (C=O) groups excluding carboxylic acids is 1. The summed E-state index contributed by atoms with van der Waals surface area (Å²) in [5.41, 5.74) is 1.41. The number of rotatable bonds is 1. The maximum Gasteiger partial charge on any atom is 0.165 e. The second-order valence-electron chi connectivity index (χ2n) is 6.16. The van der Waals surface area contributed by atoms with Gasteiger partial charge in [-0.3, -0.25) is 9.63 Å². The average Bonchev–Trinajstić information content (AvgIpc) is 2.79. The van der Waals surface area contributed by atoms with Crippen LogP contribution in [0.5, 0.6) is 0 Å². The number of nitrogens with zero attached hydrogens (tertiary/aromatic N) is 2. The molecule has 106 valence electrons. The number of benzene rings is 1. The summed E-state index contributed by atoms with van der Waals surface area (Å²) in [5, 5.41) is 2.13. The Hall–Kier alpha value is -1.39. The van der Waals surface area contributed by atoms with Crippen molar-refractivity contribution in [1.82, 2.24) is 5.06 Å². The maximum atomic E-state index is 11.8. The van der Waals surface area contributed by atoms with Crippen LogP contribution in [0.1, 0.15) is 25.7 Å². The number of piperidine rings is 1. The van der Waals surface area contributed by atoms with Gasteiger partial charge in [-0.05, 0) is 25.0 Å². The van der Waals surface area contributed by atoms with Crippen molar-refractivity contribution in [1.29, 1.82) is 0 Å². The number of hydrogen-bond donors (Lipinski definition) is 0. The highest BCUT2D eigenvalue weighted by atomic mass is 16.7. The normalized spacial score (nSPS) is 31.8. The summed E-state index contributed by atoms with van der Waals surface area (Å²) in [7, 11) is 0. The Balaban J connectivity index is 1.49. The minimum absolute atomic E-state index is 0.113. The summed E-state index contributed by atoms with van der Waals surface area (Å²) in [4.78, 5) is 20.1. The van der Waals surface area contributed by atoms with Crippen molar-refractivity contribution < 1.29 is 9.63 Å². The van der Waals surface area contributed by atoms with Crippen LogP contribution in [0.15, 0.2) is 30.3 Å². The fourth-order valence-electron chi connectivity index (χ4n) is 3.86. The van der Waals surface area contributed by atoms with Crippen molar-refractivity contribution in [2.75, 3.05) is 24.5 Å². The van der Waals surface area contributed by atoms with Crippen molar-refractivity contribution in [2.24, 2.45) is 0 Å². The molecule has 0 N–H and O–H groups in total. The highest BCUT2D eigenvalue weighted by Gasteiger charge is 2.52. The van der Waals surface area contributed by atoms with Gasteiger partial charge >= 0.3 is 0 Å². The molecule has 4 rings (SSSR count). The Labute approximate surface area is 119 Å². The maximum absolute atomic E-state index is 11.8. The molecule has 2 atom stereocenters. The van der Waals surface area contributed by atoms with Crippen molar-refractivity contribution in [3.8, 4) is 0 Å². The molecule has 1 aromatic carbocycles. The predicted molar refractivity (Wildman–Crippen MR) is 76.4 cm³/mol. The highest BCUT2D eigenvalue weighted by Crippen LogP contribution is 2.43. The van der Waals surface area contributed by atoms with Crippen LogP contribution in [0.3, 0.4) is 0 Å². The molecule has 1 aromatic rings. The summed E-state index contributed by atoms with van der Waals surface area (Å²) in [6, 6.07) is 10.6. The van der Waals surface area contributed by atoms with Crippen LogP contribution in [0.25, 0.3) is 0 Å². The molecular weight excluding hydrogens is 252 g/mol. The molecule has 0 aromatic heterocycles. The van der Waals surface area contributed by atoms with Crippen LogP contribution < -0.4 is 4.90 Å². The van der Waals surface area contributed by atoms with Gasteiger partial charge in [0.05, 0.1) is 5.54 Å². The van der Waals surface area contributed by atoms with Gasteiger partial charge in [0.2, 0.25) is 0 Å². The molecule has 1 spiro atoms. The monoisotopic (exact) mass is 272 g/mol. The number of carbonyl (C=O) groups is 1. The van der Waals surface area contributed by atoms with Gasteiger partial charge in [-0.15, -0.1) is 0 Å². The summed E-state index contributed by atoms with van der Waals surface area (Å²) in [5.74, 6) is 0.295. The zero-order valence-corrected chi connectivity index (χ0v) is 11.6. The Morgan fingerprint density at radius 3 is 2.55 bits per heavy atom. The van der Waals surface area contributed by atoms with Crippen LogP contribution in [-0.2, 0) is 9.63 Å². The molecule has 3 heterocycles. The lowest BCUT2D eigenvalue weighted by atomic mass is 9.83. The van der Waals surface area contributed by atoms with Crippen molar-refractivity contribution >= 4 is 11.5 Å². The lowest BCUT2D eigenvalue weighted by molar-refractivity contribution is -0.208. The van der Waals surface area contributed by atoms with E-state index < -0.39 is 0 Å². The molecule has 4 heteroatoms. The predicted octanol–water partition coefficient (Wildman–Crippen LogP) is 2.00. The molecule has 3 saturated heterocycles. The van der Waals surface area contributed by atoms with E-state index in [2.05, 4.69) is 40.3 Å². The third-order valence-electron chi connectivity index (χ3n) is 5.08. The van der Waals surface area contributed by atoms with E-state index in [1.807, 2.05) is 0 Å². The van der Waals surface area contributed by atoms with Gasteiger partial charge in [0.1, 0.15) is 6.10 Å². The number of hydrogen-bond acceptors (Lipinski definition) is 4. The molecule has 4 nitrogen and oxygen atoms in total. The fourth-order valence-corrected chi connectivity index (χ4v) is 3.86. The minimum Gasteiger partial charge on any atom is -0.371 e. The zero-order valence-electron chi connectivity index (χ0n) is 11.6. The molecule has 3 aliphatic rings. The van der Waals surface area contributed by atoms with Gasteiger partial charge in [0.15, 0.2) is 5.78 Å². The first kappa shape index (κ1) is 12.4. The van der Waals surface area contributed by atoms with Gasteiger partial charge in [0.25, 0.3) is 0 Å². The molecule has 0 radical (unpaired) electrons. The molecule has 0 amide bonds. The van der Waals surface area contributed by atoms with Crippen molar-refractivity contribution in [3.05, 3.63) is 30.3 Å². The smallest absolute Gasteiger partial charge is 0.165 e. The van der Waals surface area contributed by atoms with Crippen molar-refractivity contribution in [2.45, 2.75) is 37.3 Å². The fraction of sp³-hybridized carbons (Fsp3) is 0.562. The standard InChI is InChI=1S/C16H20N2O2/c19-14-6-9-18-16(12-15(14)20-18)7-10-17(11-8-16)13-4-2-1-3-5-13/h1-5,15H,6-12H2/t15-/m1/s1. The zero-order chi connectivity index (χ0) is 13.6. The number of anilines is 1. The van der Waals surface area contributed by atoms with E-state index in [-0.39, 0.29) is 11.6 Å². The molecule has 3 aliphatic heterocycles. The Morgan fingerprint density at radius 2 is 1.85 bits per heavy atom. The van der Waals surface area contributed by atoms with Crippen molar-refractivity contribution in [3.63, 3.8) is 0 Å². The lowest BCUT2D eigenvalue weighted by Gasteiger charge is -2.43. The first-order valence-electron chi connectivity index (χ1n) is 7.54. The number of hydroxylamine groups is 2. The molecule has 20 heavy (non-hydrogen) atoms. The van der Waals surface area contributed by atoms with Crippen LogP contribution in [0.2, 0.25) is 0 Å². The van der Waals surface area contributed by atoms with Gasteiger partial charge in [-0.1, -0.05) is 18.2 Å². The largest absolute Gasteiger partial charge is 0.371 e. The van der Waals surface area contributed by atoms with Gasteiger partial charge < -0.3 is 4.90 Å². The Kier molecular flexibility index (Phi) is 2.82. The summed E-state index contributed by atoms with van der Waals surface area (Å²) in [6.45, 7) is 2.87. The van der Waals surface area contributed by atoms with Crippen LogP contribution in [-0.4, -0.2) is 42.1 Å². The van der Waals surface area contributed by atoms with Crippen LogP contribution in [0.4, 0.5) is 5.69 Å². The molecule has 1 unspecified atom stereocenters. The molecule has 2 bridgehead atoms. The average molecular weight is 272 g/mol. The molecule has 3 fully saturated rings. The van der Waals surface area contributed by atoms with Gasteiger partial charge in [0, 0.05) is 38.2 Å². The van der Waals surface area contributed by atoms with E-state index in [9.17, 15) is 4.79 Å². The molecular formula is C16H20N2O2. The van der Waals surface area contributed by atoms with Gasteiger partial charge in [-0.25, -0.2) is 0 Å². The number of para-hydroxylation sites is 1. The molecule has 0 aliphatic carbocycles. The van der Waals surface area contributed by atoms with E-state index in [4.69, 9.17) is 4.84 Å². The second-order valence-corrected chi connectivity index (χ2v) is 6.16. The first-order chi connectivity index (χ1) is 9.77. The number of fused-ring (bicyclic) bond motifs is 3. The van der Waals surface area contributed by atoms with E-state index in [0.717, 1.165) is 38.9 Å². The quantitative estimate of drug-likeness (QED) is 0.783. The third kappa shape index (κ3) is 1.86. The van der Waals surface area contributed by atoms with E-state index in [0.29, 0.717) is 12.2 Å². The minimum atomic E-state index is -0.160. The van der Waals surface area contributed by atoms with Gasteiger partial charge in [-0.2, -0.15) is 5.06 Å². The summed E-state index contributed by atoms with van der Waals surface area (Å²) < 4.78 is 0. The Morgan fingerprint density at radius 1 is 1.10 bits per heavy atom. The highest BCUT2D eigenvalue weighted by molar-refractivity contribution is 5.84. The van der Waals surface area contributed by atoms with E-state index in [1.54, 1.807) is 0 Å². The van der Waals surface area contributed by atoms with Crippen LogP contribution >= 0.6 is 0 Å². The second kappa shape index (κ2) is 4.57. The summed E-state index contributed by atoms with van der Waals surface area (Å²) >= 11 is 0. The lowest BCUT2D eigenvalue weighted by Crippen LogP contribution is -2.52. The molecule has 0 saturated carbocycles. The van der Waals surface area contributed by atoms with E-state index in [1.165, 1.54) is 5.69 Å². The first-order valence-corrected chi connectivity index (χ1v) is 7.54. The van der Waals surface area contributed by atoms with E-state index >= 15 is 0 Å². The summed E-state index contributed by atoms with van der Waals surface area (Å²) in [6.07, 6.45) is 3.58.